The maximum Gasteiger partial charge on any atom is 0.315 e. The fraction of sp³-hybridized carbons (Fsp3) is 0.529. The molecular formula is C17H23NO4. The summed E-state index contributed by atoms with van der Waals surface area (Å²) in [4.78, 5) is 24.3. The van der Waals surface area contributed by atoms with Crippen molar-refractivity contribution in [2.45, 2.75) is 43.6 Å². The van der Waals surface area contributed by atoms with E-state index in [1.54, 1.807) is 12.1 Å². The highest BCUT2D eigenvalue weighted by atomic mass is 16.5. The lowest BCUT2D eigenvalue weighted by molar-refractivity contribution is -0.155. The molecule has 22 heavy (non-hydrogen) atoms. The Labute approximate surface area is 130 Å². The van der Waals surface area contributed by atoms with E-state index in [2.05, 4.69) is 5.32 Å². The molecule has 1 fully saturated rings. The zero-order valence-corrected chi connectivity index (χ0v) is 13.1. The number of hydrogen-bond acceptors (Lipinski definition) is 3. The summed E-state index contributed by atoms with van der Waals surface area (Å²) in [5.41, 5.74) is -1.19. The molecule has 0 radical (unpaired) electrons. The van der Waals surface area contributed by atoms with Crippen molar-refractivity contribution in [3.05, 3.63) is 35.9 Å². The fourth-order valence-corrected chi connectivity index (χ4v) is 2.95. The smallest absolute Gasteiger partial charge is 0.315 e. The van der Waals surface area contributed by atoms with Crippen molar-refractivity contribution in [3.63, 3.8) is 0 Å². The quantitative estimate of drug-likeness (QED) is 0.809. The lowest BCUT2D eigenvalue weighted by Crippen LogP contribution is -2.56. The number of nitrogens with one attached hydrogen (secondary N) is 1. The number of ether oxygens (including phenoxy) is 1. The third kappa shape index (κ3) is 2.73. The predicted molar refractivity (Wildman–Crippen MR) is 82.6 cm³/mol. The molecule has 0 aliphatic heterocycles. The Hall–Kier alpha value is -1.88. The van der Waals surface area contributed by atoms with Gasteiger partial charge in [0.15, 0.2) is 0 Å². The molecule has 0 heterocycles. The SMILES string of the molecule is CCC(CNC(=O)C1(OC)CCC1)(C(=O)O)c1ccccc1. The van der Waals surface area contributed by atoms with E-state index in [0.717, 1.165) is 6.42 Å². The van der Waals surface area contributed by atoms with E-state index >= 15 is 0 Å². The summed E-state index contributed by atoms with van der Waals surface area (Å²) in [5.74, 6) is -1.14. The van der Waals surface area contributed by atoms with E-state index in [0.29, 0.717) is 24.8 Å². The zero-order chi connectivity index (χ0) is 16.2. The maximum absolute atomic E-state index is 12.4. The van der Waals surface area contributed by atoms with Crippen molar-refractivity contribution >= 4 is 11.9 Å². The van der Waals surface area contributed by atoms with Crippen LogP contribution in [0.25, 0.3) is 0 Å². The van der Waals surface area contributed by atoms with Gasteiger partial charge in [0.25, 0.3) is 5.91 Å². The van der Waals surface area contributed by atoms with Crippen LogP contribution < -0.4 is 5.32 Å². The van der Waals surface area contributed by atoms with Crippen LogP contribution in [0.1, 0.15) is 38.2 Å². The molecular weight excluding hydrogens is 282 g/mol. The van der Waals surface area contributed by atoms with Crippen molar-refractivity contribution in [1.29, 1.82) is 0 Å². The maximum atomic E-state index is 12.4. The van der Waals surface area contributed by atoms with E-state index in [-0.39, 0.29) is 12.5 Å². The van der Waals surface area contributed by atoms with Crippen molar-refractivity contribution in [2.75, 3.05) is 13.7 Å². The van der Waals surface area contributed by atoms with E-state index in [1.165, 1.54) is 7.11 Å². The van der Waals surface area contributed by atoms with E-state index in [9.17, 15) is 14.7 Å². The average Bonchev–Trinajstić information content (AvgIpc) is 2.48. The van der Waals surface area contributed by atoms with Crippen LogP contribution in [0.15, 0.2) is 30.3 Å². The molecule has 1 aromatic carbocycles. The van der Waals surface area contributed by atoms with Crippen LogP contribution in [0.5, 0.6) is 0 Å². The molecule has 2 rings (SSSR count). The van der Waals surface area contributed by atoms with Crippen LogP contribution in [0.2, 0.25) is 0 Å². The third-order valence-corrected chi connectivity index (χ3v) is 4.86. The van der Waals surface area contributed by atoms with Gasteiger partial charge in [-0.2, -0.15) is 0 Å². The zero-order valence-electron chi connectivity index (χ0n) is 13.1. The van der Waals surface area contributed by atoms with Gasteiger partial charge in [-0.25, -0.2) is 0 Å². The summed E-state index contributed by atoms with van der Waals surface area (Å²) in [6.45, 7) is 1.88. The summed E-state index contributed by atoms with van der Waals surface area (Å²) in [5, 5.41) is 12.5. The molecule has 5 heteroatoms. The molecule has 1 amide bonds. The van der Waals surface area contributed by atoms with Gasteiger partial charge >= 0.3 is 5.97 Å². The number of carbonyl (C=O) groups excluding carboxylic acids is 1. The first-order chi connectivity index (χ1) is 10.5. The number of carbonyl (C=O) groups is 2. The summed E-state index contributed by atoms with van der Waals surface area (Å²) in [6.07, 6.45) is 2.73. The molecule has 5 nitrogen and oxygen atoms in total. The van der Waals surface area contributed by atoms with Crippen molar-refractivity contribution < 1.29 is 19.4 Å². The monoisotopic (exact) mass is 305 g/mol. The van der Waals surface area contributed by atoms with E-state index in [4.69, 9.17) is 4.74 Å². The van der Waals surface area contributed by atoms with Crippen LogP contribution >= 0.6 is 0 Å². The van der Waals surface area contributed by atoms with Crippen molar-refractivity contribution in [1.82, 2.24) is 5.32 Å². The lowest BCUT2D eigenvalue weighted by atomic mass is 9.76. The first-order valence-corrected chi connectivity index (χ1v) is 7.63. The Kier molecular flexibility index (Phi) is 4.86. The third-order valence-electron chi connectivity index (χ3n) is 4.86. The molecule has 1 unspecified atom stereocenters. The molecule has 0 bridgehead atoms. The second-order valence-electron chi connectivity index (χ2n) is 5.84. The highest BCUT2D eigenvalue weighted by molar-refractivity contribution is 5.88. The van der Waals surface area contributed by atoms with Gasteiger partial charge in [0, 0.05) is 13.7 Å². The first kappa shape index (κ1) is 16.5. The molecule has 0 aromatic heterocycles. The summed E-state index contributed by atoms with van der Waals surface area (Å²) >= 11 is 0. The van der Waals surface area contributed by atoms with E-state index in [1.807, 2.05) is 25.1 Å². The van der Waals surface area contributed by atoms with Crippen LogP contribution in [-0.2, 0) is 19.7 Å². The average molecular weight is 305 g/mol. The summed E-state index contributed by atoms with van der Waals surface area (Å²) in [6, 6.07) is 9.05. The van der Waals surface area contributed by atoms with Gasteiger partial charge < -0.3 is 15.2 Å². The largest absolute Gasteiger partial charge is 0.481 e. The van der Waals surface area contributed by atoms with Crippen LogP contribution in [-0.4, -0.2) is 36.2 Å². The highest BCUT2D eigenvalue weighted by Crippen LogP contribution is 2.35. The van der Waals surface area contributed by atoms with Gasteiger partial charge in [-0.15, -0.1) is 0 Å². The fourth-order valence-electron chi connectivity index (χ4n) is 2.95. The van der Waals surface area contributed by atoms with Crippen LogP contribution in [0, 0.1) is 0 Å². The Balaban J connectivity index is 2.18. The molecule has 1 saturated carbocycles. The molecule has 2 N–H and O–H groups in total. The number of aliphatic carboxylic acids is 1. The summed E-state index contributed by atoms with van der Waals surface area (Å²) < 4.78 is 5.34. The Bertz CT molecular complexity index is 533. The Morgan fingerprint density at radius 3 is 2.36 bits per heavy atom. The van der Waals surface area contributed by atoms with Crippen LogP contribution in [0.4, 0.5) is 0 Å². The minimum absolute atomic E-state index is 0.0623. The second kappa shape index (κ2) is 6.48. The molecule has 1 aliphatic carbocycles. The van der Waals surface area contributed by atoms with Gasteiger partial charge in [0.05, 0.1) is 0 Å². The van der Waals surface area contributed by atoms with Gasteiger partial charge in [0.1, 0.15) is 11.0 Å². The number of amides is 1. The molecule has 1 aromatic rings. The first-order valence-electron chi connectivity index (χ1n) is 7.63. The topological polar surface area (TPSA) is 75.6 Å². The van der Waals surface area contributed by atoms with Gasteiger partial charge in [0.2, 0.25) is 0 Å². The minimum Gasteiger partial charge on any atom is -0.481 e. The number of carboxylic acid groups (broad SMARTS) is 1. The number of hydrogen-bond donors (Lipinski definition) is 2. The predicted octanol–water partition coefficient (Wildman–Crippen LogP) is 2.10. The second-order valence-corrected chi connectivity index (χ2v) is 5.84. The minimum atomic E-state index is -1.12. The molecule has 120 valence electrons. The number of rotatable bonds is 7. The van der Waals surface area contributed by atoms with Gasteiger partial charge in [-0.05, 0) is 31.2 Å². The van der Waals surface area contributed by atoms with E-state index < -0.39 is 17.0 Å². The number of methoxy groups -OCH3 is 1. The van der Waals surface area contributed by atoms with Crippen molar-refractivity contribution in [3.8, 4) is 0 Å². The van der Waals surface area contributed by atoms with Gasteiger partial charge in [-0.1, -0.05) is 37.3 Å². The van der Waals surface area contributed by atoms with Crippen LogP contribution in [0.3, 0.4) is 0 Å². The van der Waals surface area contributed by atoms with Crippen molar-refractivity contribution in [2.24, 2.45) is 0 Å². The Morgan fingerprint density at radius 2 is 1.95 bits per heavy atom. The number of benzene rings is 1. The Morgan fingerprint density at radius 1 is 1.32 bits per heavy atom. The molecule has 1 atom stereocenters. The van der Waals surface area contributed by atoms with Gasteiger partial charge in [-0.3, -0.25) is 9.59 Å². The lowest BCUT2D eigenvalue weighted by Gasteiger charge is -2.39. The highest BCUT2D eigenvalue weighted by Gasteiger charge is 2.46. The molecule has 0 saturated heterocycles. The molecule has 1 aliphatic rings. The standard InChI is InChI=1S/C17H23NO4/c1-3-16(15(20)21,13-8-5-4-6-9-13)12-18-14(19)17(22-2)10-7-11-17/h4-6,8-9H,3,7,10-12H2,1-2H3,(H,18,19)(H,20,21). The summed E-state index contributed by atoms with van der Waals surface area (Å²) in [7, 11) is 1.53. The number of carboxylic acids is 1. The molecule has 0 spiro atoms. The normalized spacial score (nSPS) is 18.8.